The first-order chi connectivity index (χ1) is 8.63. The van der Waals surface area contributed by atoms with Crippen LogP contribution in [0.5, 0.6) is 11.5 Å². The third-order valence-electron chi connectivity index (χ3n) is 2.31. The summed E-state index contributed by atoms with van der Waals surface area (Å²) in [5.41, 5.74) is 0.357. The van der Waals surface area contributed by atoms with Crippen LogP contribution in [0, 0.1) is 0 Å². The van der Waals surface area contributed by atoms with Gasteiger partial charge in [0.1, 0.15) is 0 Å². The largest absolute Gasteiger partial charge is 0.503 e. The third-order valence-corrected chi connectivity index (χ3v) is 2.31. The van der Waals surface area contributed by atoms with Gasteiger partial charge in [-0.3, -0.25) is 4.98 Å². The summed E-state index contributed by atoms with van der Waals surface area (Å²) < 4.78 is 4.92. The number of nitrogens with zero attached hydrogens (tertiary/aromatic N) is 2. The second-order valence-corrected chi connectivity index (χ2v) is 3.43. The van der Waals surface area contributed by atoms with Gasteiger partial charge in [0.15, 0.2) is 17.2 Å². The molecular formula is C12H10N2O4. The van der Waals surface area contributed by atoms with Gasteiger partial charge in [-0.25, -0.2) is 9.78 Å². The number of hydrogen-bond donors (Lipinski definition) is 2. The first-order valence-corrected chi connectivity index (χ1v) is 5.06. The topological polar surface area (TPSA) is 92.5 Å². The second-order valence-electron chi connectivity index (χ2n) is 3.43. The van der Waals surface area contributed by atoms with Gasteiger partial charge in [0.2, 0.25) is 0 Å². The van der Waals surface area contributed by atoms with Crippen molar-refractivity contribution in [3.05, 3.63) is 36.2 Å². The van der Waals surface area contributed by atoms with Gasteiger partial charge in [-0.05, 0) is 12.1 Å². The summed E-state index contributed by atoms with van der Waals surface area (Å²) in [6.45, 7) is 0. The molecule has 0 amide bonds. The van der Waals surface area contributed by atoms with Gasteiger partial charge in [0.25, 0.3) is 0 Å². The summed E-state index contributed by atoms with van der Waals surface area (Å²) in [6.07, 6.45) is 1.57. The van der Waals surface area contributed by atoms with Gasteiger partial charge in [0, 0.05) is 12.3 Å². The molecule has 2 rings (SSSR count). The molecule has 0 atom stereocenters. The number of hydrogen-bond acceptors (Lipinski definition) is 5. The smallest absolute Gasteiger partial charge is 0.358 e. The lowest BCUT2D eigenvalue weighted by molar-refractivity contribution is 0.0686. The highest BCUT2D eigenvalue weighted by atomic mass is 16.5. The number of ether oxygens (including phenoxy) is 1. The van der Waals surface area contributed by atoms with E-state index in [2.05, 4.69) is 9.97 Å². The van der Waals surface area contributed by atoms with Crippen LogP contribution in [0.2, 0.25) is 0 Å². The highest BCUT2D eigenvalue weighted by Crippen LogP contribution is 2.32. The summed E-state index contributed by atoms with van der Waals surface area (Å²) in [7, 11) is 1.34. The molecule has 0 unspecified atom stereocenters. The second kappa shape index (κ2) is 4.70. The Labute approximate surface area is 103 Å². The predicted octanol–water partition coefficient (Wildman–Crippen LogP) is 1.56. The van der Waals surface area contributed by atoms with Crippen LogP contribution in [0.3, 0.4) is 0 Å². The Morgan fingerprint density at radius 3 is 2.67 bits per heavy atom. The van der Waals surface area contributed by atoms with Gasteiger partial charge in [0.05, 0.1) is 18.5 Å². The van der Waals surface area contributed by atoms with E-state index < -0.39 is 17.4 Å². The molecule has 0 aliphatic heterocycles. The Balaban J connectivity index is 2.63. The standard InChI is InChI=1S/C12H10N2O4/c1-18-9-6-8(7-4-2-3-5-13-7)14-10(11(9)15)12(16)17/h2-6,15H,1H3,(H,16,17). The lowest BCUT2D eigenvalue weighted by atomic mass is 10.2. The van der Waals surface area contributed by atoms with Crippen molar-refractivity contribution in [3.63, 3.8) is 0 Å². The first-order valence-electron chi connectivity index (χ1n) is 5.06. The molecule has 0 radical (unpaired) electrons. The molecule has 2 aromatic rings. The summed E-state index contributed by atoms with van der Waals surface area (Å²) in [5.74, 6) is -1.78. The molecule has 2 heterocycles. The van der Waals surface area contributed by atoms with Crippen molar-refractivity contribution in [2.75, 3.05) is 7.11 Å². The van der Waals surface area contributed by atoms with Crippen molar-refractivity contribution in [2.45, 2.75) is 0 Å². The lowest BCUT2D eigenvalue weighted by Crippen LogP contribution is -2.04. The van der Waals surface area contributed by atoms with Crippen LogP contribution in [0.25, 0.3) is 11.4 Å². The molecule has 0 saturated heterocycles. The zero-order valence-corrected chi connectivity index (χ0v) is 9.49. The van der Waals surface area contributed by atoms with Crippen molar-refractivity contribution < 1.29 is 19.7 Å². The highest BCUT2D eigenvalue weighted by molar-refractivity contribution is 5.90. The first kappa shape index (κ1) is 11.8. The Kier molecular flexibility index (Phi) is 3.09. The molecule has 18 heavy (non-hydrogen) atoms. The molecule has 0 spiro atoms. The average molecular weight is 246 g/mol. The SMILES string of the molecule is COc1cc(-c2ccccn2)nc(C(=O)O)c1O. The van der Waals surface area contributed by atoms with Crippen molar-refractivity contribution in [2.24, 2.45) is 0 Å². The minimum atomic E-state index is -1.33. The van der Waals surface area contributed by atoms with Crippen LogP contribution in [0.4, 0.5) is 0 Å². The maximum absolute atomic E-state index is 11.0. The van der Waals surface area contributed by atoms with Crippen molar-refractivity contribution >= 4 is 5.97 Å². The number of aromatic nitrogens is 2. The number of aromatic carboxylic acids is 1. The van der Waals surface area contributed by atoms with Crippen molar-refractivity contribution in [3.8, 4) is 22.9 Å². The van der Waals surface area contributed by atoms with E-state index in [-0.39, 0.29) is 5.75 Å². The Hall–Kier alpha value is -2.63. The van der Waals surface area contributed by atoms with Crippen molar-refractivity contribution in [1.82, 2.24) is 9.97 Å². The molecule has 0 fully saturated rings. The molecule has 2 aromatic heterocycles. The number of methoxy groups -OCH3 is 1. The number of aromatic hydroxyl groups is 1. The maximum atomic E-state index is 11.0. The summed E-state index contributed by atoms with van der Waals surface area (Å²) in [5, 5.41) is 18.6. The van der Waals surface area contributed by atoms with Gasteiger partial charge in [-0.1, -0.05) is 6.07 Å². The van der Waals surface area contributed by atoms with Gasteiger partial charge in [-0.15, -0.1) is 0 Å². The van der Waals surface area contributed by atoms with Gasteiger partial charge < -0.3 is 14.9 Å². The number of carboxylic acids is 1. The summed E-state index contributed by atoms with van der Waals surface area (Å²) >= 11 is 0. The minimum Gasteiger partial charge on any atom is -0.503 e. The maximum Gasteiger partial charge on any atom is 0.358 e. The molecule has 0 aliphatic rings. The fourth-order valence-electron chi connectivity index (χ4n) is 1.47. The van der Waals surface area contributed by atoms with E-state index in [9.17, 15) is 9.90 Å². The minimum absolute atomic E-state index is 0.0445. The highest BCUT2D eigenvalue weighted by Gasteiger charge is 2.19. The van der Waals surface area contributed by atoms with Gasteiger partial charge in [-0.2, -0.15) is 0 Å². The van der Waals surface area contributed by atoms with E-state index in [1.54, 1.807) is 24.4 Å². The molecule has 2 N–H and O–H groups in total. The number of pyridine rings is 2. The zero-order valence-electron chi connectivity index (χ0n) is 9.49. The van der Waals surface area contributed by atoms with E-state index in [4.69, 9.17) is 9.84 Å². The fourth-order valence-corrected chi connectivity index (χ4v) is 1.47. The van der Waals surface area contributed by atoms with Crippen LogP contribution >= 0.6 is 0 Å². The number of carboxylic acid groups (broad SMARTS) is 1. The quantitative estimate of drug-likeness (QED) is 0.853. The van der Waals surface area contributed by atoms with E-state index >= 15 is 0 Å². The summed E-state index contributed by atoms with van der Waals surface area (Å²) in [4.78, 5) is 18.9. The predicted molar refractivity (Wildman–Crippen MR) is 62.6 cm³/mol. The van der Waals surface area contributed by atoms with Crippen LogP contribution in [-0.4, -0.2) is 33.3 Å². The summed E-state index contributed by atoms with van der Waals surface area (Å²) in [6, 6.07) is 6.61. The Morgan fingerprint density at radius 2 is 2.11 bits per heavy atom. The van der Waals surface area contributed by atoms with E-state index in [1.165, 1.54) is 13.2 Å². The molecule has 0 saturated carbocycles. The molecule has 6 heteroatoms. The normalized spacial score (nSPS) is 10.1. The lowest BCUT2D eigenvalue weighted by Gasteiger charge is -2.08. The zero-order chi connectivity index (χ0) is 13.1. The van der Waals surface area contributed by atoms with E-state index in [0.29, 0.717) is 11.4 Å². The Morgan fingerprint density at radius 1 is 1.33 bits per heavy atom. The molecule has 0 aliphatic carbocycles. The number of carbonyl (C=O) groups is 1. The molecule has 92 valence electrons. The van der Waals surface area contributed by atoms with Crippen LogP contribution in [-0.2, 0) is 0 Å². The molecule has 6 nitrogen and oxygen atoms in total. The molecule has 0 bridgehead atoms. The van der Waals surface area contributed by atoms with Crippen LogP contribution in [0.15, 0.2) is 30.5 Å². The number of rotatable bonds is 3. The monoisotopic (exact) mass is 246 g/mol. The van der Waals surface area contributed by atoms with E-state index in [1.807, 2.05) is 0 Å². The Bertz CT molecular complexity index is 584. The molecular weight excluding hydrogens is 236 g/mol. The van der Waals surface area contributed by atoms with Crippen LogP contribution in [0.1, 0.15) is 10.5 Å². The average Bonchev–Trinajstić information content (AvgIpc) is 2.39. The third kappa shape index (κ3) is 2.08. The van der Waals surface area contributed by atoms with Gasteiger partial charge >= 0.3 is 5.97 Å². The van der Waals surface area contributed by atoms with Crippen LogP contribution < -0.4 is 4.74 Å². The van der Waals surface area contributed by atoms with E-state index in [0.717, 1.165) is 0 Å². The molecule has 0 aromatic carbocycles. The fraction of sp³-hybridized carbons (Fsp3) is 0.0833. The van der Waals surface area contributed by atoms with Crippen molar-refractivity contribution in [1.29, 1.82) is 0 Å².